The number of urea groups is 1. The first-order valence-corrected chi connectivity index (χ1v) is 10.9. The van der Waals surface area contributed by atoms with Crippen molar-refractivity contribution in [2.45, 2.75) is 58.5 Å². The molecule has 6 nitrogen and oxygen atoms in total. The number of benzene rings is 1. The standard InChI is InChI=1S/C23H35N5O/c1-18(2)22(27-13-6-4-5-7-14-27)16-25-23(29)26-19(3)20-8-10-21(11-9-20)28-15-12-24-17-28/h8-12,15,17-19,22H,4-7,13-14,16H2,1-3H3,(H2,25,26,29). The van der Waals surface area contributed by atoms with E-state index in [0.29, 0.717) is 18.5 Å². The van der Waals surface area contributed by atoms with E-state index in [1.54, 1.807) is 12.5 Å². The zero-order chi connectivity index (χ0) is 20.6. The van der Waals surface area contributed by atoms with E-state index in [-0.39, 0.29) is 12.1 Å². The maximum absolute atomic E-state index is 12.5. The lowest BCUT2D eigenvalue weighted by atomic mass is 10.0. The molecule has 2 unspecified atom stereocenters. The summed E-state index contributed by atoms with van der Waals surface area (Å²) in [7, 11) is 0. The third kappa shape index (κ3) is 6.07. The molecule has 2 N–H and O–H groups in total. The van der Waals surface area contributed by atoms with E-state index in [0.717, 1.165) is 24.3 Å². The summed E-state index contributed by atoms with van der Waals surface area (Å²) < 4.78 is 1.96. The van der Waals surface area contributed by atoms with Gasteiger partial charge < -0.3 is 15.2 Å². The average Bonchev–Trinajstić information content (AvgIpc) is 3.12. The van der Waals surface area contributed by atoms with Crippen LogP contribution in [0, 0.1) is 5.92 Å². The molecule has 0 spiro atoms. The van der Waals surface area contributed by atoms with Crippen molar-refractivity contribution < 1.29 is 4.79 Å². The Morgan fingerprint density at radius 2 is 1.76 bits per heavy atom. The van der Waals surface area contributed by atoms with Gasteiger partial charge in [0.25, 0.3) is 0 Å². The smallest absolute Gasteiger partial charge is 0.315 e. The summed E-state index contributed by atoms with van der Waals surface area (Å²) in [5, 5.41) is 6.18. The van der Waals surface area contributed by atoms with E-state index in [1.807, 2.05) is 29.8 Å². The fraction of sp³-hybridized carbons (Fsp3) is 0.565. The van der Waals surface area contributed by atoms with Gasteiger partial charge in [0.2, 0.25) is 0 Å². The summed E-state index contributed by atoms with van der Waals surface area (Å²) in [5.41, 5.74) is 2.14. The Kier molecular flexibility index (Phi) is 7.69. The molecule has 1 aliphatic rings. The maximum atomic E-state index is 12.5. The minimum absolute atomic E-state index is 0.0532. The van der Waals surface area contributed by atoms with Gasteiger partial charge in [-0.1, -0.05) is 38.8 Å². The number of hydrogen-bond acceptors (Lipinski definition) is 3. The zero-order valence-corrected chi connectivity index (χ0v) is 18.0. The minimum Gasteiger partial charge on any atom is -0.337 e. The molecule has 1 fully saturated rings. The summed E-state index contributed by atoms with van der Waals surface area (Å²) in [6, 6.07) is 8.42. The number of nitrogens with one attached hydrogen (secondary N) is 2. The predicted molar refractivity (Wildman–Crippen MR) is 117 cm³/mol. The van der Waals surface area contributed by atoms with Crippen LogP contribution in [0.2, 0.25) is 0 Å². The maximum Gasteiger partial charge on any atom is 0.315 e. The zero-order valence-electron chi connectivity index (χ0n) is 18.0. The van der Waals surface area contributed by atoms with Crippen molar-refractivity contribution in [2.75, 3.05) is 19.6 Å². The lowest BCUT2D eigenvalue weighted by Gasteiger charge is -2.33. The Labute approximate surface area is 174 Å². The SMILES string of the molecule is CC(NC(=O)NCC(C(C)C)N1CCCCCC1)c1ccc(-n2ccnc2)cc1. The second-order valence-electron chi connectivity index (χ2n) is 8.40. The fourth-order valence-electron chi connectivity index (χ4n) is 4.09. The van der Waals surface area contributed by atoms with Crippen LogP contribution in [0.5, 0.6) is 0 Å². The number of rotatable bonds is 7. The Balaban J connectivity index is 1.51. The van der Waals surface area contributed by atoms with Gasteiger partial charge in [-0.3, -0.25) is 4.90 Å². The molecule has 158 valence electrons. The highest BCUT2D eigenvalue weighted by Gasteiger charge is 2.23. The second kappa shape index (κ2) is 10.4. The third-order valence-electron chi connectivity index (χ3n) is 5.89. The lowest BCUT2D eigenvalue weighted by Crippen LogP contribution is -2.49. The van der Waals surface area contributed by atoms with E-state index in [1.165, 1.54) is 25.7 Å². The van der Waals surface area contributed by atoms with E-state index in [2.05, 4.69) is 46.5 Å². The first-order valence-electron chi connectivity index (χ1n) is 10.9. The van der Waals surface area contributed by atoms with Crippen molar-refractivity contribution >= 4 is 6.03 Å². The van der Waals surface area contributed by atoms with Crippen molar-refractivity contribution in [1.29, 1.82) is 0 Å². The molecule has 1 aromatic carbocycles. The number of imidazole rings is 1. The van der Waals surface area contributed by atoms with Gasteiger partial charge in [-0.2, -0.15) is 0 Å². The van der Waals surface area contributed by atoms with Crippen LogP contribution in [0.25, 0.3) is 5.69 Å². The van der Waals surface area contributed by atoms with Crippen molar-refractivity contribution in [2.24, 2.45) is 5.92 Å². The van der Waals surface area contributed by atoms with Crippen LogP contribution in [-0.2, 0) is 0 Å². The lowest BCUT2D eigenvalue weighted by molar-refractivity contribution is 0.156. The van der Waals surface area contributed by atoms with Crippen molar-refractivity contribution in [3.8, 4) is 5.69 Å². The van der Waals surface area contributed by atoms with Crippen molar-refractivity contribution in [3.63, 3.8) is 0 Å². The van der Waals surface area contributed by atoms with E-state index < -0.39 is 0 Å². The molecule has 2 aromatic rings. The van der Waals surface area contributed by atoms with Crippen LogP contribution in [0.1, 0.15) is 58.1 Å². The molecule has 3 rings (SSSR count). The number of hydrogen-bond donors (Lipinski definition) is 2. The molecule has 0 radical (unpaired) electrons. The van der Waals surface area contributed by atoms with Gasteiger partial charge in [-0.15, -0.1) is 0 Å². The highest BCUT2D eigenvalue weighted by molar-refractivity contribution is 5.74. The molecule has 1 aliphatic heterocycles. The largest absolute Gasteiger partial charge is 0.337 e. The summed E-state index contributed by atoms with van der Waals surface area (Å²) in [6.45, 7) is 9.49. The molecular weight excluding hydrogens is 362 g/mol. The van der Waals surface area contributed by atoms with Gasteiger partial charge in [0, 0.05) is 30.7 Å². The number of carbonyl (C=O) groups is 1. The molecule has 0 aliphatic carbocycles. The second-order valence-corrected chi connectivity index (χ2v) is 8.40. The Morgan fingerprint density at radius 3 is 2.34 bits per heavy atom. The molecular formula is C23H35N5O. The van der Waals surface area contributed by atoms with Gasteiger partial charge in [-0.05, 0) is 56.5 Å². The van der Waals surface area contributed by atoms with E-state index in [4.69, 9.17) is 0 Å². The summed E-state index contributed by atoms with van der Waals surface area (Å²) in [4.78, 5) is 19.1. The van der Waals surface area contributed by atoms with Gasteiger partial charge in [0.05, 0.1) is 12.4 Å². The van der Waals surface area contributed by atoms with Crippen LogP contribution < -0.4 is 10.6 Å². The molecule has 1 aromatic heterocycles. The molecule has 0 saturated carbocycles. The van der Waals surface area contributed by atoms with Crippen LogP contribution in [0.15, 0.2) is 43.0 Å². The fourth-order valence-corrected chi connectivity index (χ4v) is 4.09. The third-order valence-corrected chi connectivity index (χ3v) is 5.89. The summed E-state index contributed by atoms with van der Waals surface area (Å²) in [5.74, 6) is 0.515. The van der Waals surface area contributed by atoms with Crippen molar-refractivity contribution in [1.82, 2.24) is 25.1 Å². The van der Waals surface area contributed by atoms with Gasteiger partial charge in [-0.25, -0.2) is 9.78 Å². The van der Waals surface area contributed by atoms with Crippen molar-refractivity contribution in [3.05, 3.63) is 48.5 Å². The normalized spacial score (nSPS) is 17.5. The van der Waals surface area contributed by atoms with Crippen LogP contribution in [0.4, 0.5) is 4.79 Å². The topological polar surface area (TPSA) is 62.2 Å². The van der Waals surface area contributed by atoms with Gasteiger partial charge >= 0.3 is 6.03 Å². The number of aromatic nitrogens is 2. The average molecular weight is 398 g/mol. The molecule has 2 atom stereocenters. The Hall–Kier alpha value is -2.34. The quantitative estimate of drug-likeness (QED) is 0.738. The highest BCUT2D eigenvalue weighted by Crippen LogP contribution is 2.18. The van der Waals surface area contributed by atoms with Crippen LogP contribution in [0.3, 0.4) is 0 Å². The summed E-state index contributed by atoms with van der Waals surface area (Å²) >= 11 is 0. The molecule has 29 heavy (non-hydrogen) atoms. The number of likely N-dealkylation sites (tertiary alicyclic amines) is 1. The first-order chi connectivity index (χ1) is 14.0. The minimum atomic E-state index is -0.100. The monoisotopic (exact) mass is 397 g/mol. The number of amides is 2. The molecule has 1 saturated heterocycles. The Morgan fingerprint density at radius 1 is 1.07 bits per heavy atom. The molecule has 6 heteroatoms. The molecule has 2 amide bonds. The first kappa shape index (κ1) is 21.4. The van der Waals surface area contributed by atoms with Crippen LogP contribution >= 0.6 is 0 Å². The number of nitrogens with zero attached hydrogens (tertiary/aromatic N) is 3. The van der Waals surface area contributed by atoms with E-state index in [9.17, 15) is 4.79 Å². The molecule has 2 heterocycles. The Bertz CT molecular complexity index is 733. The predicted octanol–water partition coefficient (Wildman–Crippen LogP) is 4.13. The van der Waals surface area contributed by atoms with Gasteiger partial charge in [0.15, 0.2) is 0 Å². The molecule has 0 bridgehead atoms. The summed E-state index contributed by atoms with van der Waals surface area (Å²) in [6.07, 6.45) is 10.6. The van der Waals surface area contributed by atoms with Crippen LogP contribution in [-0.4, -0.2) is 46.2 Å². The van der Waals surface area contributed by atoms with E-state index >= 15 is 0 Å². The highest BCUT2D eigenvalue weighted by atomic mass is 16.2. The number of carbonyl (C=O) groups excluding carboxylic acids is 1. The van der Waals surface area contributed by atoms with Gasteiger partial charge in [0.1, 0.15) is 0 Å².